The lowest BCUT2D eigenvalue weighted by molar-refractivity contribution is -0.384. The summed E-state index contributed by atoms with van der Waals surface area (Å²) in [6.45, 7) is 1.88. The average Bonchev–Trinajstić information content (AvgIpc) is 2.46. The molecule has 0 amide bonds. The first kappa shape index (κ1) is 15.0. The predicted octanol–water partition coefficient (Wildman–Crippen LogP) is 4.13. The van der Waals surface area contributed by atoms with Crippen molar-refractivity contribution in [2.24, 2.45) is 4.99 Å². The van der Waals surface area contributed by atoms with Crippen molar-refractivity contribution >= 4 is 23.5 Å². The third-order valence-corrected chi connectivity index (χ3v) is 3.26. The third-order valence-electron chi connectivity index (χ3n) is 3.01. The Morgan fingerprint density at radius 3 is 2.57 bits per heavy atom. The molecule has 1 N–H and O–H groups in total. The molecule has 0 aromatic heterocycles. The normalized spacial score (nSPS) is 12.5. The van der Waals surface area contributed by atoms with E-state index >= 15 is 0 Å². The van der Waals surface area contributed by atoms with Crippen LogP contribution in [0.5, 0.6) is 5.75 Å². The van der Waals surface area contributed by atoms with Crippen LogP contribution in [0.25, 0.3) is 0 Å². The molecule has 1 atom stereocenters. The van der Waals surface area contributed by atoms with Crippen LogP contribution in [0.2, 0.25) is 5.02 Å². The van der Waals surface area contributed by atoms with Crippen LogP contribution in [0.1, 0.15) is 24.1 Å². The van der Waals surface area contributed by atoms with Gasteiger partial charge in [-0.25, -0.2) is 0 Å². The van der Waals surface area contributed by atoms with E-state index in [0.717, 1.165) is 5.56 Å². The fourth-order valence-electron chi connectivity index (χ4n) is 1.78. The van der Waals surface area contributed by atoms with E-state index in [1.54, 1.807) is 12.1 Å². The minimum atomic E-state index is -0.514. The Bertz CT molecular complexity index is 684. The molecule has 0 heterocycles. The fourth-order valence-corrected chi connectivity index (χ4v) is 1.90. The van der Waals surface area contributed by atoms with Crippen LogP contribution in [0, 0.1) is 10.1 Å². The number of nitrogens with zero attached hydrogens (tertiary/aromatic N) is 2. The van der Waals surface area contributed by atoms with Gasteiger partial charge in [0.25, 0.3) is 5.69 Å². The summed E-state index contributed by atoms with van der Waals surface area (Å²) in [5, 5.41) is 21.1. The summed E-state index contributed by atoms with van der Waals surface area (Å²) in [7, 11) is 0. The van der Waals surface area contributed by atoms with Crippen LogP contribution in [0.15, 0.2) is 47.5 Å². The van der Waals surface area contributed by atoms with Crippen molar-refractivity contribution in [1.29, 1.82) is 0 Å². The number of aromatic hydroxyl groups is 1. The van der Waals surface area contributed by atoms with Crippen LogP contribution in [0.3, 0.4) is 0 Å². The topological polar surface area (TPSA) is 75.7 Å². The molecule has 2 rings (SSSR count). The Morgan fingerprint density at radius 2 is 1.95 bits per heavy atom. The molecule has 0 aliphatic carbocycles. The Morgan fingerprint density at radius 1 is 1.29 bits per heavy atom. The molecule has 0 aliphatic rings. The van der Waals surface area contributed by atoms with Crippen LogP contribution in [-0.2, 0) is 0 Å². The molecule has 0 saturated carbocycles. The zero-order chi connectivity index (χ0) is 15.4. The third kappa shape index (κ3) is 3.79. The number of benzene rings is 2. The highest BCUT2D eigenvalue weighted by Gasteiger charge is 2.09. The second-order valence-corrected chi connectivity index (χ2v) is 4.94. The number of halogens is 1. The lowest BCUT2D eigenvalue weighted by Gasteiger charge is -2.06. The van der Waals surface area contributed by atoms with Crippen molar-refractivity contribution in [3.63, 3.8) is 0 Å². The summed E-state index contributed by atoms with van der Waals surface area (Å²) in [6.07, 6.45) is 1.43. The Labute approximate surface area is 126 Å². The zero-order valence-corrected chi connectivity index (χ0v) is 12.0. The number of nitro groups is 1. The van der Waals surface area contributed by atoms with Gasteiger partial charge in [-0.15, -0.1) is 0 Å². The van der Waals surface area contributed by atoms with Gasteiger partial charge in [-0.2, -0.15) is 0 Å². The number of aliphatic imine (C=N–C) groups is 1. The molecular weight excluding hydrogens is 292 g/mol. The van der Waals surface area contributed by atoms with Crippen molar-refractivity contribution in [1.82, 2.24) is 0 Å². The molecule has 6 heteroatoms. The van der Waals surface area contributed by atoms with Gasteiger partial charge in [0.05, 0.1) is 11.0 Å². The summed E-state index contributed by atoms with van der Waals surface area (Å²) in [5.74, 6) is -0.0485. The highest BCUT2D eigenvalue weighted by molar-refractivity contribution is 6.30. The first-order chi connectivity index (χ1) is 9.97. The second kappa shape index (κ2) is 6.37. The van der Waals surface area contributed by atoms with E-state index in [1.165, 1.54) is 24.4 Å². The minimum Gasteiger partial charge on any atom is -0.507 e. The van der Waals surface area contributed by atoms with Gasteiger partial charge in [0.2, 0.25) is 0 Å². The summed E-state index contributed by atoms with van der Waals surface area (Å²) in [4.78, 5) is 14.5. The van der Waals surface area contributed by atoms with Gasteiger partial charge < -0.3 is 5.11 Å². The number of non-ortho nitro benzene ring substituents is 1. The molecule has 0 spiro atoms. The Hall–Kier alpha value is -2.40. The van der Waals surface area contributed by atoms with Crippen LogP contribution in [0.4, 0.5) is 5.69 Å². The van der Waals surface area contributed by atoms with E-state index in [9.17, 15) is 15.2 Å². The summed E-state index contributed by atoms with van der Waals surface area (Å²) < 4.78 is 0. The molecule has 0 aliphatic heterocycles. The highest BCUT2D eigenvalue weighted by atomic mass is 35.5. The van der Waals surface area contributed by atoms with Crippen molar-refractivity contribution in [2.45, 2.75) is 13.0 Å². The van der Waals surface area contributed by atoms with E-state index in [0.29, 0.717) is 10.6 Å². The molecule has 2 aromatic carbocycles. The molecule has 0 saturated heterocycles. The molecule has 0 fully saturated rings. The molecule has 0 unspecified atom stereocenters. The second-order valence-electron chi connectivity index (χ2n) is 4.51. The quantitative estimate of drug-likeness (QED) is 0.524. The van der Waals surface area contributed by atoms with Gasteiger partial charge in [-0.05, 0) is 30.7 Å². The smallest absolute Gasteiger partial charge is 0.270 e. The molecule has 108 valence electrons. The van der Waals surface area contributed by atoms with Crippen molar-refractivity contribution in [3.8, 4) is 5.75 Å². The van der Waals surface area contributed by atoms with Crippen molar-refractivity contribution in [3.05, 3.63) is 68.7 Å². The maximum atomic E-state index is 10.7. The molecule has 21 heavy (non-hydrogen) atoms. The monoisotopic (exact) mass is 304 g/mol. The number of rotatable bonds is 4. The lowest BCUT2D eigenvalue weighted by Crippen LogP contribution is -1.93. The Balaban J connectivity index is 2.22. The van der Waals surface area contributed by atoms with E-state index in [-0.39, 0.29) is 17.5 Å². The zero-order valence-electron chi connectivity index (χ0n) is 11.2. The van der Waals surface area contributed by atoms with Gasteiger partial charge in [0.15, 0.2) is 0 Å². The number of phenols is 1. The van der Waals surface area contributed by atoms with Crippen molar-refractivity contribution < 1.29 is 10.0 Å². The van der Waals surface area contributed by atoms with E-state index in [4.69, 9.17) is 11.6 Å². The first-order valence-corrected chi connectivity index (χ1v) is 6.61. The maximum Gasteiger partial charge on any atom is 0.270 e. The largest absolute Gasteiger partial charge is 0.507 e. The molecule has 0 radical (unpaired) electrons. The lowest BCUT2D eigenvalue weighted by atomic mass is 10.1. The average molecular weight is 305 g/mol. The summed E-state index contributed by atoms with van der Waals surface area (Å²) >= 11 is 5.82. The molecular formula is C15H13ClN2O3. The van der Waals surface area contributed by atoms with Gasteiger partial charge in [0, 0.05) is 28.9 Å². The summed E-state index contributed by atoms with van der Waals surface area (Å²) in [5.41, 5.74) is 1.18. The minimum absolute atomic E-state index is 0.0485. The number of nitro benzene ring substituents is 1. The molecule has 0 bridgehead atoms. The van der Waals surface area contributed by atoms with Crippen LogP contribution < -0.4 is 0 Å². The van der Waals surface area contributed by atoms with Crippen molar-refractivity contribution in [2.75, 3.05) is 0 Å². The summed E-state index contributed by atoms with van der Waals surface area (Å²) in [6, 6.07) is 10.9. The van der Waals surface area contributed by atoms with E-state index in [2.05, 4.69) is 4.99 Å². The van der Waals surface area contributed by atoms with Crippen LogP contribution in [-0.4, -0.2) is 16.2 Å². The number of hydrogen-bond acceptors (Lipinski definition) is 4. The fraction of sp³-hybridized carbons (Fsp3) is 0.133. The standard InChI is InChI=1S/C15H13ClN2O3/c1-10(11-2-4-13(16)5-3-11)17-9-12-8-14(18(20)21)6-7-15(12)19/h2-10,19H,1H3/t10-/m1/s1. The first-order valence-electron chi connectivity index (χ1n) is 6.23. The van der Waals surface area contributed by atoms with E-state index < -0.39 is 4.92 Å². The van der Waals surface area contributed by atoms with Gasteiger partial charge >= 0.3 is 0 Å². The van der Waals surface area contributed by atoms with Gasteiger partial charge in [-0.1, -0.05) is 23.7 Å². The SMILES string of the molecule is C[C@@H](N=Cc1cc([N+](=O)[O-])ccc1O)c1ccc(Cl)cc1. The Kier molecular flexibility index (Phi) is 4.55. The number of hydrogen-bond donors (Lipinski definition) is 1. The van der Waals surface area contributed by atoms with Gasteiger partial charge in [0.1, 0.15) is 5.75 Å². The predicted molar refractivity (Wildman–Crippen MR) is 82.2 cm³/mol. The molecule has 2 aromatic rings. The maximum absolute atomic E-state index is 10.7. The number of phenolic OH excluding ortho intramolecular Hbond substituents is 1. The highest BCUT2D eigenvalue weighted by Crippen LogP contribution is 2.23. The van der Waals surface area contributed by atoms with Crippen LogP contribution >= 0.6 is 11.6 Å². The molecule has 5 nitrogen and oxygen atoms in total. The van der Waals surface area contributed by atoms with E-state index in [1.807, 2.05) is 19.1 Å². The van der Waals surface area contributed by atoms with Gasteiger partial charge in [-0.3, -0.25) is 15.1 Å².